The van der Waals surface area contributed by atoms with Crippen LogP contribution in [0.4, 0.5) is 5.69 Å². The highest BCUT2D eigenvalue weighted by molar-refractivity contribution is 5.96. The molecule has 1 unspecified atom stereocenters. The summed E-state index contributed by atoms with van der Waals surface area (Å²) in [4.78, 5) is 30.4. The first-order chi connectivity index (χ1) is 10.1. The Hall–Kier alpha value is -2.80. The largest absolute Gasteiger partial charge is 0.481 e. The van der Waals surface area contributed by atoms with E-state index >= 15 is 0 Å². The Bertz CT molecular complexity index is 628. The Labute approximate surface area is 120 Å². The van der Waals surface area contributed by atoms with Gasteiger partial charge >= 0.3 is 5.97 Å². The van der Waals surface area contributed by atoms with E-state index < -0.39 is 24.3 Å². The molecule has 0 aliphatic rings. The van der Waals surface area contributed by atoms with Crippen molar-refractivity contribution in [1.82, 2.24) is 9.97 Å². The van der Waals surface area contributed by atoms with Crippen molar-refractivity contribution in [3.05, 3.63) is 42.7 Å². The lowest BCUT2D eigenvalue weighted by Crippen LogP contribution is -2.37. The lowest BCUT2D eigenvalue weighted by Gasteiger charge is -2.09. The van der Waals surface area contributed by atoms with Crippen LogP contribution in [0, 0.1) is 0 Å². The van der Waals surface area contributed by atoms with Crippen LogP contribution >= 0.6 is 0 Å². The molecule has 0 radical (unpaired) electrons. The van der Waals surface area contributed by atoms with Gasteiger partial charge in [0.05, 0.1) is 30.5 Å². The van der Waals surface area contributed by atoms with Gasteiger partial charge in [0, 0.05) is 5.56 Å². The van der Waals surface area contributed by atoms with Gasteiger partial charge in [-0.3, -0.25) is 9.59 Å². The fourth-order valence-corrected chi connectivity index (χ4v) is 1.64. The molecule has 1 amide bonds. The summed E-state index contributed by atoms with van der Waals surface area (Å²) in [7, 11) is 0. The standard InChI is InChI=1S/C14H14N4O3/c15-11(6-12(19)20)14(21)18-10-7-16-13(17-8-10)9-4-2-1-3-5-9/h1-5,7-8,11H,6,15H2,(H,18,21)(H,19,20). The number of hydrogen-bond donors (Lipinski definition) is 3. The molecule has 1 aromatic heterocycles. The smallest absolute Gasteiger partial charge is 0.305 e. The number of rotatable bonds is 5. The van der Waals surface area contributed by atoms with Gasteiger partial charge in [-0.15, -0.1) is 0 Å². The number of carbonyl (C=O) groups excluding carboxylic acids is 1. The number of nitrogens with zero attached hydrogens (tertiary/aromatic N) is 2. The number of aromatic nitrogens is 2. The molecule has 0 fully saturated rings. The van der Waals surface area contributed by atoms with Crippen LogP contribution in [0.1, 0.15) is 6.42 Å². The zero-order valence-corrected chi connectivity index (χ0v) is 11.1. The minimum Gasteiger partial charge on any atom is -0.481 e. The summed E-state index contributed by atoms with van der Waals surface area (Å²) in [5.41, 5.74) is 6.67. The van der Waals surface area contributed by atoms with Crippen molar-refractivity contribution >= 4 is 17.6 Å². The van der Waals surface area contributed by atoms with Gasteiger partial charge in [-0.25, -0.2) is 9.97 Å². The maximum atomic E-state index is 11.6. The minimum atomic E-state index is -1.13. The van der Waals surface area contributed by atoms with Gasteiger partial charge in [0.15, 0.2) is 5.82 Å². The molecule has 1 atom stereocenters. The topological polar surface area (TPSA) is 118 Å². The van der Waals surface area contributed by atoms with Crippen molar-refractivity contribution in [2.45, 2.75) is 12.5 Å². The van der Waals surface area contributed by atoms with Crippen LogP contribution in [0.2, 0.25) is 0 Å². The molecule has 0 saturated heterocycles. The zero-order chi connectivity index (χ0) is 15.2. The Kier molecular flexibility index (Phi) is 4.57. The van der Waals surface area contributed by atoms with Crippen molar-refractivity contribution in [3.63, 3.8) is 0 Å². The maximum absolute atomic E-state index is 11.6. The Balaban J connectivity index is 2.03. The molecule has 7 heteroatoms. The first-order valence-electron chi connectivity index (χ1n) is 6.22. The molecule has 7 nitrogen and oxygen atoms in total. The number of amides is 1. The van der Waals surface area contributed by atoms with E-state index in [4.69, 9.17) is 10.8 Å². The van der Waals surface area contributed by atoms with Crippen LogP contribution in [0.25, 0.3) is 11.4 Å². The fourth-order valence-electron chi connectivity index (χ4n) is 1.64. The molecule has 4 N–H and O–H groups in total. The highest BCUT2D eigenvalue weighted by Crippen LogP contribution is 2.14. The van der Waals surface area contributed by atoms with Crippen LogP contribution in [0.15, 0.2) is 42.7 Å². The fraction of sp³-hybridized carbons (Fsp3) is 0.143. The molecule has 2 aromatic rings. The predicted molar refractivity (Wildman–Crippen MR) is 76.3 cm³/mol. The monoisotopic (exact) mass is 286 g/mol. The van der Waals surface area contributed by atoms with E-state index in [1.54, 1.807) is 0 Å². The second-order valence-corrected chi connectivity index (χ2v) is 4.35. The van der Waals surface area contributed by atoms with Gasteiger partial charge in [0.25, 0.3) is 0 Å². The number of aliphatic carboxylic acids is 1. The Morgan fingerprint density at radius 2 is 1.81 bits per heavy atom. The van der Waals surface area contributed by atoms with Gasteiger partial charge in [0.2, 0.25) is 5.91 Å². The van der Waals surface area contributed by atoms with Crippen LogP contribution in [0.5, 0.6) is 0 Å². The highest BCUT2D eigenvalue weighted by atomic mass is 16.4. The average Bonchev–Trinajstić information content (AvgIpc) is 2.48. The van der Waals surface area contributed by atoms with Crippen LogP contribution < -0.4 is 11.1 Å². The molecule has 0 aliphatic carbocycles. The number of hydrogen-bond acceptors (Lipinski definition) is 5. The van der Waals surface area contributed by atoms with Gasteiger partial charge in [0.1, 0.15) is 0 Å². The van der Waals surface area contributed by atoms with Gasteiger partial charge in [-0.1, -0.05) is 30.3 Å². The number of anilines is 1. The molecule has 0 bridgehead atoms. The summed E-state index contributed by atoms with van der Waals surface area (Å²) < 4.78 is 0. The summed E-state index contributed by atoms with van der Waals surface area (Å²) >= 11 is 0. The molecule has 1 aromatic carbocycles. The molecule has 1 heterocycles. The van der Waals surface area contributed by atoms with Crippen LogP contribution in [-0.4, -0.2) is 33.0 Å². The maximum Gasteiger partial charge on any atom is 0.305 e. The quantitative estimate of drug-likeness (QED) is 0.751. The molecule has 108 valence electrons. The van der Waals surface area contributed by atoms with Crippen molar-refractivity contribution in [1.29, 1.82) is 0 Å². The third-order valence-corrected chi connectivity index (χ3v) is 2.68. The summed E-state index contributed by atoms with van der Waals surface area (Å²) in [5.74, 6) is -1.19. The number of benzene rings is 1. The third kappa shape index (κ3) is 4.08. The summed E-state index contributed by atoms with van der Waals surface area (Å²) in [5, 5.41) is 11.1. The van der Waals surface area contributed by atoms with Crippen molar-refractivity contribution in [2.75, 3.05) is 5.32 Å². The molecular formula is C14H14N4O3. The number of carbonyl (C=O) groups is 2. The normalized spacial score (nSPS) is 11.7. The van der Waals surface area contributed by atoms with Gasteiger partial charge < -0.3 is 16.2 Å². The van der Waals surface area contributed by atoms with E-state index in [0.29, 0.717) is 11.5 Å². The summed E-state index contributed by atoms with van der Waals surface area (Å²) in [6, 6.07) is 8.27. The molecule has 2 rings (SSSR count). The van der Waals surface area contributed by atoms with Crippen molar-refractivity contribution in [2.24, 2.45) is 5.73 Å². The van der Waals surface area contributed by atoms with E-state index in [9.17, 15) is 9.59 Å². The van der Waals surface area contributed by atoms with E-state index in [1.165, 1.54) is 12.4 Å². The summed E-state index contributed by atoms with van der Waals surface area (Å²) in [6.07, 6.45) is 2.45. The Morgan fingerprint density at radius 1 is 1.19 bits per heavy atom. The molecule has 0 spiro atoms. The van der Waals surface area contributed by atoms with Crippen LogP contribution in [0.3, 0.4) is 0 Å². The molecule has 21 heavy (non-hydrogen) atoms. The number of nitrogens with one attached hydrogen (secondary N) is 1. The van der Waals surface area contributed by atoms with E-state index in [2.05, 4.69) is 15.3 Å². The average molecular weight is 286 g/mol. The van der Waals surface area contributed by atoms with E-state index in [0.717, 1.165) is 5.56 Å². The highest BCUT2D eigenvalue weighted by Gasteiger charge is 2.17. The molecule has 0 saturated carbocycles. The molecular weight excluding hydrogens is 272 g/mol. The van der Waals surface area contributed by atoms with Gasteiger partial charge in [-0.05, 0) is 0 Å². The second-order valence-electron chi connectivity index (χ2n) is 4.35. The number of nitrogens with two attached hydrogens (primary N) is 1. The third-order valence-electron chi connectivity index (χ3n) is 2.68. The first kappa shape index (κ1) is 14.6. The predicted octanol–water partition coefficient (Wildman–Crippen LogP) is 0.884. The van der Waals surface area contributed by atoms with E-state index in [-0.39, 0.29) is 0 Å². The minimum absolute atomic E-state index is 0.362. The SMILES string of the molecule is NC(CC(=O)O)C(=O)Nc1cnc(-c2ccccc2)nc1. The Morgan fingerprint density at radius 3 is 2.38 bits per heavy atom. The number of carboxylic acids is 1. The lowest BCUT2D eigenvalue weighted by atomic mass is 10.2. The lowest BCUT2D eigenvalue weighted by molar-refractivity contribution is -0.138. The second kappa shape index (κ2) is 6.58. The molecule has 0 aliphatic heterocycles. The van der Waals surface area contributed by atoms with Crippen LogP contribution in [-0.2, 0) is 9.59 Å². The van der Waals surface area contributed by atoms with Crippen molar-refractivity contribution < 1.29 is 14.7 Å². The van der Waals surface area contributed by atoms with Crippen molar-refractivity contribution in [3.8, 4) is 11.4 Å². The van der Waals surface area contributed by atoms with Gasteiger partial charge in [-0.2, -0.15) is 0 Å². The van der Waals surface area contributed by atoms with E-state index in [1.807, 2.05) is 30.3 Å². The zero-order valence-electron chi connectivity index (χ0n) is 11.1. The number of carboxylic acid groups (broad SMARTS) is 1. The summed E-state index contributed by atoms with van der Waals surface area (Å²) in [6.45, 7) is 0. The first-order valence-corrected chi connectivity index (χ1v) is 6.22.